The van der Waals surface area contributed by atoms with Crippen molar-refractivity contribution in [2.75, 3.05) is 25.4 Å². The molecule has 0 aromatic carbocycles. The summed E-state index contributed by atoms with van der Waals surface area (Å²) in [5.41, 5.74) is 6.85. The molecule has 0 spiro atoms. The number of aromatic nitrogens is 4. The van der Waals surface area contributed by atoms with Crippen LogP contribution in [-0.4, -0.2) is 72.6 Å². The fourth-order valence-electron chi connectivity index (χ4n) is 3.75. The molecule has 1 aliphatic heterocycles. The number of rotatable bonds is 9. The lowest BCUT2D eigenvalue weighted by Gasteiger charge is -2.33. The summed E-state index contributed by atoms with van der Waals surface area (Å²) >= 11 is 0. The molecule has 9 heteroatoms. The van der Waals surface area contributed by atoms with Crippen molar-refractivity contribution in [1.29, 1.82) is 0 Å². The monoisotopic (exact) mass is 378 g/mol. The first-order valence-electron chi connectivity index (χ1n) is 9.73. The number of nitrogens with zero attached hydrogens (tertiary/aromatic N) is 5. The lowest BCUT2D eigenvalue weighted by Crippen LogP contribution is -2.49. The van der Waals surface area contributed by atoms with E-state index in [0.29, 0.717) is 11.2 Å². The highest BCUT2D eigenvalue weighted by atomic mass is 16.5. The van der Waals surface area contributed by atoms with Gasteiger partial charge >= 0.3 is 0 Å². The Kier molecular flexibility index (Phi) is 6.59. The number of nitrogen functional groups attached to an aromatic ring is 1. The van der Waals surface area contributed by atoms with Crippen LogP contribution in [-0.2, 0) is 4.74 Å². The van der Waals surface area contributed by atoms with Gasteiger partial charge in [-0.25, -0.2) is 15.0 Å². The summed E-state index contributed by atoms with van der Waals surface area (Å²) in [5.74, 6) is 0.286. The maximum Gasteiger partial charge on any atom is 0.167 e. The van der Waals surface area contributed by atoms with Crippen molar-refractivity contribution in [3.05, 3.63) is 12.7 Å². The number of aliphatic hydroxyl groups excluding tert-OH is 2. The van der Waals surface area contributed by atoms with E-state index in [4.69, 9.17) is 10.5 Å². The van der Waals surface area contributed by atoms with Crippen LogP contribution >= 0.6 is 0 Å². The molecular weight excluding hydrogens is 348 g/mol. The minimum atomic E-state index is -0.815. The van der Waals surface area contributed by atoms with Gasteiger partial charge < -0.3 is 20.7 Å². The summed E-state index contributed by atoms with van der Waals surface area (Å²) in [6.07, 6.45) is 5.16. The summed E-state index contributed by atoms with van der Waals surface area (Å²) in [6, 6.07) is -0.283. The van der Waals surface area contributed by atoms with Crippen LogP contribution in [0.3, 0.4) is 0 Å². The maximum atomic E-state index is 11.1. The number of nitrogens with two attached hydrogens (primary N) is 1. The zero-order valence-corrected chi connectivity index (χ0v) is 16.0. The zero-order valence-electron chi connectivity index (χ0n) is 16.0. The number of ether oxygens (including phenoxy) is 1. The molecule has 0 amide bonds. The molecule has 4 atom stereocenters. The summed E-state index contributed by atoms with van der Waals surface area (Å²) < 4.78 is 7.73. The maximum absolute atomic E-state index is 11.1. The molecule has 0 aliphatic carbocycles. The van der Waals surface area contributed by atoms with Crippen molar-refractivity contribution < 1.29 is 14.9 Å². The molecule has 1 saturated heterocycles. The van der Waals surface area contributed by atoms with E-state index in [2.05, 4.69) is 33.7 Å². The highest BCUT2D eigenvalue weighted by Crippen LogP contribution is 2.34. The number of hydrogen-bond acceptors (Lipinski definition) is 8. The molecule has 2 aromatic rings. The summed E-state index contributed by atoms with van der Waals surface area (Å²) in [5, 5.41) is 21.0. The molecule has 1 unspecified atom stereocenters. The third-order valence-corrected chi connectivity index (χ3v) is 5.20. The van der Waals surface area contributed by atoms with Gasteiger partial charge in [0.25, 0.3) is 0 Å². The fraction of sp³-hybridized carbons (Fsp3) is 0.722. The van der Waals surface area contributed by atoms with E-state index >= 15 is 0 Å². The molecule has 0 bridgehead atoms. The number of imidazole rings is 1. The van der Waals surface area contributed by atoms with Crippen LogP contribution in [0.25, 0.3) is 11.2 Å². The van der Waals surface area contributed by atoms with Gasteiger partial charge in [0.05, 0.1) is 19.0 Å². The Balaban J connectivity index is 1.89. The van der Waals surface area contributed by atoms with Crippen LogP contribution in [0, 0.1) is 0 Å². The molecule has 1 fully saturated rings. The summed E-state index contributed by atoms with van der Waals surface area (Å²) in [7, 11) is 0. The third-order valence-electron chi connectivity index (χ3n) is 5.20. The van der Waals surface area contributed by atoms with E-state index in [-0.39, 0.29) is 18.5 Å². The van der Waals surface area contributed by atoms with Crippen LogP contribution in [0.4, 0.5) is 5.82 Å². The first-order chi connectivity index (χ1) is 13.1. The molecule has 2 aromatic heterocycles. The normalized spacial score (nSPS) is 25.7. The van der Waals surface area contributed by atoms with E-state index in [1.807, 2.05) is 0 Å². The van der Waals surface area contributed by atoms with Crippen molar-refractivity contribution >= 4 is 17.0 Å². The Labute approximate surface area is 159 Å². The predicted molar refractivity (Wildman–Crippen MR) is 102 cm³/mol. The molecule has 4 N–H and O–H groups in total. The van der Waals surface area contributed by atoms with E-state index in [0.717, 1.165) is 38.8 Å². The lowest BCUT2D eigenvalue weighted by atomic mass is 10.0. The Hall–Kier alpha value is -1.81. The minimum absolute atomic E-state index is 0.156. The minimum Gasteiger partial charge on any atom is -0.394 e. The number of unbranched alkanes of at least 4 members (excludes halogenated alkanes) is 2. The second-order valence-electron chi connectivity index (χ2n) is 7.05. The highest BCUT2D eigenvalue weighted by Gasteiger charge is 2.47. The van der Waals surface area contributed by atoms with E-state index in [1.54, 1.807) is 10.9 Å². The Morgan fingerprint density at radius 1 is 1.19 bits per heavy atom. The summed E-state index contributed by atoms with van der Waals surface area (Å²) in [4.78, 5) is 14.7. The average molecular weight is 378 g/mol. The molecule has 150 valence electrons. The lowest BCUT2D eigenvalue weighted by molar-refractivity contribution is -0.0499. The van der Waals surface area contributed by atoms with Gasteiger partial charge in [-0.15, -0.1) is 0 Å². The largest absolute Gasteiger partial charge is 0.394 e. The van der Waals surface area contributed by atoms with Crippen LogP contribution in [0.1, 0.15) is 45.8 Å². The van der Waals surface area contributed by atoms with Gasteiger partial charge in [-0.1, -0.05) is 26.7 Å². The summed E-state index contributed by atoms with van der Waals surface area (Å²) in [6.45, 7) is 5.87. The number of fused-ring (bicyclic) bond motifs is 1. The van der Waals surface area contributed by atoms with Gasteiger partial charge in [0.1, 0.15) is 24.1 Å². The van der Waals surface area contributed by atoms with Crippen LogP contribution in [0.2, 0.25) is 0 Å². The highest BCUT2D eigenvalue weighted by molar-refractivity contribution is 5.81. The van der Waals surface area contributed by atoms with E-state index in [9.17, 15) is 10.2 Å². The van der Waals surface area contributed by atoms with Crippen molar-refractivity contribution in [2.24, 2.45) is 0 Å². The quantitative estimate of drug-likeness (QED) is 0.589. The first kappa shape index (κ1) is 19.9. The number of aliphatic hydroxyl groups is 2. The average Bonchev–Trinajstić information content (AvgIpc) is 3.24. The van der Waals surface area contributed by atoms with Crippen molar-refractivity contribution in [3.63, 3.8) is 0 Å². The van der Waals surface area contributed by atoms with Gasteiger partial charge in [0, 0.05) is 0 Å². The molecule has 9 nitrogen and oxygen atoms in total. The molecule has 3 heterocycles. The Morgan fingerprint density at radius 2 is 1.89 bits per heavy atom. The molecule has 0 saturated carbocycles. The zero-order chi connectivity index (χ0) is 19.4. The van der Waals surface area contributed by atoms with Crippen LogP contribution in [0.5, 0.6) is 0 Å². The number of hydrogen-bond donors (Lipinski definition) is 3. The van der Waals surface area contributed by atoms with Crippen molar-refractivity contribution in [1.82, 2.24) is 24.4 Å². The van der Waals surface area contributed by atoms with E-state index < -0.39 is 18.4 Å². The fourth-order valence-corrected chi connectivity index (χ4v) is 3.75. The molecule has 27 heavy (non-hydrogen) atoms. The predicted octanol–water partition coefficient (Wildman–Crippen LogP) is 0.930. The third kappa shape index (κ3) is 3.91. The van der Waals surface area contributed by atoms with Gasteiger partial charge in [-0.05, 0) is 25.9 Å². The molecule has 0 radical (unpaired) electrons. The second kappa shape index (κ2) is 8.92. The Morgan fingerprint density at radius 3 is 2.52 bits per heavy atom. The van der Waals surface area contributed by atoms with Gasteiger partial charge in [0.2, 0.25) is 0 Å². The SMILES string of the molecule is CCCCN(CCCC)C1[C@@H](O)[C@H](n2cnc3c(N)ncnc32)O[C@@H]1CO. The van der Waals surface area contributed by atoms with Gasteiger partial charge in [0.15, 0.2) is 17.7 Å². The topological polar surface area (TPSA) is 123 Å². The Bertz CT molecular complexity index is 731. The van der Waals surface area contributed by atoms with Gasteiger partial charge in [-0.2, -0.15) is 0 Å². The molecular formula is C18H30N6O3. The number of anilines is 1. The second-order valence-corrected chi connectivity index (χ2v) is 7.05. The van der Waals surface area contributed by atoms with Gasteiger partial charge in [-0.3, -0.25) is 9.47 Å². The van der Waals surface area contributed by atoms with Crippen LogP contribution in [0.15, 0.2) is 12.7 Å². The molecule has 3 rings (SSSR count). The van der Waals surface area contributed by atoms with Crippen molar-refractivity contribution in [3.8, 4) is 0 Å². The first-order valence-corrected chi connectivity index (χ1v) is 9.73. The van der Waals surface area contributed by atoms with E-state index in [1.165, 1.54) is 6.33 Å². The smallest absolute Gasteiger partial charge is 0.167 e. The standard InChI is InChI=1S/C18H30N6O3/c1-3-5-7-23(8-6-4-2)14-12(9-25)27-18(15(14)26)24-11-22-13-16(19)20-10-21-17(13)24/h10-12,14-15,18,25-26H,3-9H2,1-2H3,(H2,19,20,21)/t12-,14?,15-,18-/m1/s1. The van der Waals surface area contributed by atoms with Crippen molar-refractivity contribution in [2.45, 2.75) is 64.0 Å². The van der Waals surface area contributed by atoms with Crippen LogP contribution < -0.4 is 5.73 Å². The molecule has 1 aliphatic rings.